The van der Waals surface area contributed by atoms with Crippen LogP contribution in [0.2, 0.25) is 0 Å². The van der Waals surface area contributed by atoms with Gasteiger partial charge < -0.3 is 0 Å². The van der Waals surface area contributed by atoms with Crippen LogP contribution in [0.1, 0.15) is 71.1 Å². The second-order valence-corrected chi connectivity index (χ2v) is 4.89. The summed E-state index contributed by atoms with van der Waals surface area (Å²) in [4.78, 5) is 0. The predicted octanol–water partition coefficient (Wildman–Crippen LogP) is 5.10. The van der Waals surface area contributed by atoms with Crippen LogP contribution in [-0.4, -0.2) is 0 Å². The number of hydrogen-bond donors (Lipinski definition) is 0. The Morgan fingerprint density at radius 2 is 1.88 bits per heavy atom. The van der Waals surface area contributed by atoms with Gasteiger partial charge in [0.1, 0.15) is 0 Å². The molecule has 0 aromatic rings. The largest absolute Gasteiger partial charge is 0.0985 e. The number of hydrogen-bond acceptors (Lipinski definition) is 0. The molecule has 0 radical (unpaired) electrons. The average Bonchev–Trinajstić information content (AvgIpc) is 2.34. The molecule has 0 N–H and O–H groups in total. The smallest absolute Gasteiger partial charge is 0.00922 e. The van der Waals surface area contributed by atoms with Crippen LogP contribution >= 0.6 is 0 Å². The van der Waals surface area contributed by atoms with Gasteiger partial charge >= 0.3 is 0 Å². The molecular formula is C16H26. The van der Waals surface area contributed by atoms with Crippen LogP contribution in [0.5, 0.6) is 0 Å². The lowest BCUT2D eigenvalue weighted by atomic mass is 9.89. The summed E-state index contributed by atoms with van der Waals surface area (Å²) in [5.41, 5.74) is 0. The molecule has 1 fully saturated rings. The van der Waals surface area contributed by atoms with Gasteiger partial charge in [0.05, 0.1) is 0 Å². The molecule has 0 heteroatoms. The highest BCUT2D eigenvalue weighted by Gasteiger charge is 2.08. The first-order valence-corrected chi connectivity index (χ1v) is 7.08. The highest BCUT2D eigenvalue weighted by molar-refractivity contribution is 5.16. The molecule has 0 spiro atoms. The van der Waals surface area contributed by atoms with Crippen molar-refractivity contribution in [1.82, 2.24) is 0 Å². The van der Waals surface area contributed by atoms with Gasteiger partial charge in [0, 0.05) is 6.42 Å². The molecule has 1 rings (SSSR count). The average molecular weight is 218 g/mol. The first kappa shape index (κ1) is 13.4. The summed E-state index contributed by atoms with van der Waals surface area (Å²) < 4.78 is 0. The van der Waals surface area contributed by atoms with Crippen molar-refractivity contribution in [3.05, 3.63) is 12.2 Å². The Bertz CT molecular complexity index is 232. The van der Waals surface area contributed by atoms with Gasteiger partial charge in [0.15, 0.2) is 0 Å². The molecule has 0 saturated heterocycles. The van der Waals surface area contributed by atoms with Crippen molar-refractivity contribution in [2.45, 2.75) is 71.1 Å². The van der Waals surface area contributed by atoms with E-state index in [2.05, 4.69) is 30.9 Å². The third-order valence-electron chi connectivity index (χ3n) is 3.36. The Hall–Kier alpha value is -0.700. The molecule has 0 unspecified atom stereocenters. The summed E-state index contributed by atoms with van der Waals surface area (Å²) in [6, 6.07) is 0. The molecule has 1 aliphatic carbocycles. The molecule has 0 heterocycles. The zero-order chi connectivity index (χ0) is 11.5. The molecule has 1 aliphatic rings. The van der Waals surface area contributed by atoms with E-state index in [-0.39, 0.29) is 0 Å². The van der Waals surface area contributed by atoms with Crippen molar-refractivity contribution >= 4 is 0 Å². The third kappa shape index (κ3) is 6.72. The van der Waals surface area contributed by atoms with E-state index in [9.17, 15) is 0 Å². The first-order chi connectivity index (χ1) is 7.93. The van der Waals surface area contributed by atoms with Crippen LogP contribution in [0, 0.1) is 17.8 Å². The van der Waals surface area contributed by atoms with E-state index < -0.39 is 0 Å². The highest BCUT2D eigenvalue weighted by atomic mass is 14.1. The topological polar surface area (TPSA) is 0 Å². The van der Waals surface area contributed by atoms with Gasteiger partial charge in [-0.25, -0.2) is 0 Å². The highest BCUT2D eigenvalue weighted by Crippen LogP contribution is 2.24. The lowest BCUT2D eigenvalue weighted by Crippen LogP contribution is -2.02. The molecule has 0 amide bonds. The summed E-state index contributed by atoms with van der Waals surface area (Å²) >= 11 is 0. The Labute approximate surface area is 102 Å². The van der Waals surface area contributed by atoms with Gasteiger partial charge in [-0.15, -0.1) is 0 Å². The SMILES string of the molecule is CCCCCCC#C/C=C/C1CCCCC1. The molecule has 1 saturated carbocycles. The lowest BCUT2D eigenvalue weighted by Gasteiger charge is -2.17. The fourth-order valence-corrected chi connectivity index (χ4v) is 2.28. The molecule has 0 atom stereocenters. The summed E-state index contributed by atoms with van der Waals surface area (Å²) in [7, 11) is 0. The van der Waals surface area contributed by atoms with E-state index in [1.54, 1.807) is 0 Å². The van der Waals surface area contributed by atoms with Gasteiger partial charge in [-0.05, 0) is 31.3 Å². The molecule has 0 aromatic heterocycles. The maximum atomic E-state index is 3.25. The van der Waals surface area contributed by atoms with E-state index in [0.29, 0.717) is 0 Å². The van der Waals surface area contributed by atoms with Crippen molar-refractivity contribution in [3.8, 4) is 11.8 Å². The minimum atomic E-state index is 0.822. The summed E-state index contributed by atoms with van der Waals surface area (Å²) in [5, 5.41) is 0. The van der Waals surface area contributed by atoms with Gasteiger partial charge in [-0.3, -0.25) is 0 Å². The summed E-state index contributed by atoms with van der Waals surface area (Å²) in [6.45, 7) is 2.25. The second-order valence-electron chi connectivity index (χ2n) is 4.89. The predicted molar refractivity (Wildman–Crippen MR) is 72.3 cm³/mol. The monoisotopic (exact) mass is 218 g/mol. The Kier molecular flexibility index (Phi) is 7.95. The van der Waals surface area contributed by atoms with Gasteiger partial charge in [-0.1, -0.05) is 63.4 Å². The second kappa shape index (κ2) is 9.52. The van der Waals surface area contributed by atoms with Crippen LogP contribution in [0.4, 0.5) is 0 Å². The van der Waals surface area contributed by atoms with Crippen LogP contribution < -0.4 is 0 Å². The van der Waals surface area contributed by atoms with Crippen molar-refractivity contribution in [2.75, 3.05) is 0 Å². The van der Waals surface area contributed by atoms with Crippen molar-refractivity contribution < 1.29 is 0 Å². The van der Waals surface area contributed by atoms with Crippen LogP contribution in [0.3, 0.4) is 0 Å². The molecule has 0 bridgehead atoms. The van der Waals surface area contributed by atoms with Gasteiger partial charge in [0.2, 0.25) is 0 Å². The molecule has 0 nitrogen and oxygen atoms in total. The third-order valence-corrected chi connectivity index (χ3v) is 3.36. The Morgan fingerprint density at radius 1 is 1.06 bits per heavy atom. The van der Waals surface area contributed by atoms with Gasteiger partial charge in [0.25, 0.3) is 0 Å². The molecule has 0 aromatic carbocycles. The number of allylic oxidation sites excluding steroid dienone is 2. The number of unbranched alkanes of at least 4 members (excludes halogenated alkanes) is 4. The van der Waals surface area contributed by atoms with Crippen LogP contribution in [0.25, 0.3) is 0 Å². The Balaban J connectivity index is 2.03. The van der Waals surface area contributed by atoms with Crippen LogP contribution in [0.15, 0.2) is 12.2 Å². The Morgan fingerprint density at radius 3 is 2.62 bits per heavy atom. The molecular weight excluding hydrogens is 192 g/mol. The zero-order valence-electron chi connectivity index (χ0n) is 10.8. The fraction of sp³-hybridized carbons (Fsp3) is 0.750. The van der Waals surface area contributed by atoms with E-state index in [4.69, 9.17) is 0 Å². The first-order valence-electron chi connectivity index (χ1n) is 7.08. The van der Waals surface area contributed by atoms with Crippen molar-refractivity contribution in [3.63, 3.8) is 0 Å². The standard InChI is InChI=1S/C16H26/c1-2-3-4-5-6-7-8-10-13-16-14-11-9-12-15-16/h10,13,16H,2-6,9,11-12,14-15H2,1H3/b13-10+. The van der Waals surface area contributed by atoms with E-state index in [0.717, 1.165) is 12.3 Å². The minimum absolute atomic E-state index is 0.822. The van der Waals surface area contributed by atoms with Crippen LogP contribution in [-0.2, 0) is 0 Å². The maximum Gasteiger partial charge on any atom is 0.00922 e. The van der Waals surface area contributed by atoms with E-state index in [1.807, 2.05) is 0 Å². The number of rotatable bonds is 5. The van der Waals surface area contributed by atoms with Crippen molar-refractivity contribution in [2.24, 2.45) is 5.92 Å². The zero-order valence-corrected chi connectivity index (χ0v) is 10.8. The van der Waals surface area contributed by atoms with E-state index >= 15 is 0 Å². The maximum absolute atomic E-state index is 3.25. The quantitative estimate of drug-likeness (QED) is 0.445. The molecule has 0 aliphatic heterocycles. The summed E-state index contributed by atoms with van der Waals surface area (Å²) in [5.74, 6) is 7.25. The molecule has 16 heavy (non-hydrogen) atoms. The minimum Gasteiger partial charge on any atom is -0.0985 e. The van der Waals surface area contributed by atoms with E-state index in [1.165, 1.54) is 57.8 Å². The molecule has 90 valence electrons. The lowest BCUT2D eigenvalue weighted by molar-refractivity contribution is 0.419. The van der Waals surface area contributed by atoms with Gasteiger partial charge in [-0.2, -0.15) is 0 Å². The fourth-order valence-electron chi connectivity index (χ4n) is 2.28. The van der Waals surface area contributed by atoms with Crippen molar-refractivity contribution in [1.29, 1.82) is 0 Å². The normalized spacial score (nSPS) is 17.3. The summed E-state index contributed by atoms with van der Waals surface area (Å²) in [6.07, 6.45) is 17.8.